The molecule has 1 aliphatic heterocycles. The number of rotatable bonds is 10. The van der Waals surface area contributed by atoms with E-state index in [1.165, 1.54) is 0 Å². The molecule has 0 saturated carbocycles. The minimum atomic E-state index is -0.693. The van der Waals surface area contributed by atoms with Gasteiger partial charge in [0.05, 0.1) is 26.7 Å². The molecule has 0 aromatic heterocycles. The predicted octanol–water partition coefficient (Wildman–Crippen LogP) is 4.37. The van der Waals surface area contributed by atoms with Crippen LogP contribution >= 0.6 is 0 Å². The molecular weight excluding hydrogens is 484 g/mol. The summed E-state index contributed by atoms with van der Waals surface area (Å²) in [4.78, 5) is 26.2. The maximum absolute atomic E-state index is 13.5. The molecule has 200 valence electrons. The summed E-state index contributed by atoms with van der Waals surface area (Å²) in [6.45, 7) is 1.47. The number of benzene rings is 3. The van der Waals surface area contributed by atoms with Crippen molar-refractivity contribution in [3.05, 3.63) is 83.4 Å². The predicted molar refractivity (Wildman–Crippen MR) is 145 cm³/mol. The summed E-state index contributed by atoms with van der Waals surface area (Å²) < 4.78 is 21.6. The van der Waals surface area contributed by atoms with Gasteiger partial charge in [0, 0.05) is 31.0 Å². The highest BCUT2D eigenvalue weighted by atomic mass is 16.5. The molecule has 8 nitrogen and oxygen atoms in total. The van der Waals surface area contributed by atoms with Gasteiger partial charge in [0.15, 0.2) is 11.5 Å². The second kappa shape index (κ2) is 12.5. The van der Waals surface area contributed by atoms with Crippen LogP contribution in [0.4, 0.5) is 5.69 Å². The van der Waals surface area contributed by atoms with Crippen LogP contribution in [0.2, 0.25) is 0 Å². The van der Waals surface area contributed by atoms with Gasteiger partial charge >= 0.3 is 0 Å². The SMILES string of the molecule is COc1ccc(C2(C(=O)Nc3ccc(C(=O)NCCc4cccc(OC)c4OC)cc3)CCOCC2)cc1. The minimum Gasteiger partial charge on any atom is -0.497 e. The van der Waals surface area contributed by atoms with Gasteiger partial charge in [-0.2, -0.15) is 0 Å². The van der Waals surface area contributed by atoms with Crippen LogP contribution in [0.3, 0.4) is 0 Å². The van der Waals surface area contributed by atoms with Crippen molar-refractivity contribution in [2.75, 3.05) is 46.4 Å². The summed E-state index contributed by atoms with van der Waals surface area (Å²) >= 11 is 0. The third kappa shape index (κ3) is 5.92. The molecule has 2 N–H and O–H groups in total. The summed E-state index contributed by atoms with van der Waals surface area (Å²) in [7, 11) is 4.81. The first-order valence-corrected chi connectivity index (χ1v) is 12.6. The standard InChI is InChI=1S/C30H34N2O6/c1-35-25-13-9-23(10-14-25)30(16-19-38-20-17-30)29(34)32-24-11-7-22(8-12-24)28(33)31-18-15-21-5-4-6-26(36-2)27(21)37-3/h4-14H,15-20H2,1-3H3,(H,31,33)(H,32,34). The van der Waals surface area contributed by atoms with Crippen molar-refractivity contribution in [3.8, 4) is 17.2 Å². The van der Waals surface area contributed by atoms with Gasteiger partial charge in [0.2, 0.25) is 5.91 Å². The Balaban J connectivity index is 1.38. The smallest absolute Gasteiger partial charge is 0.251 e. The molecule has 0 atom stereocenters. The lowest BCUT2D eigenvalue weighted by atomic mass is 9.73. The van der Waals surface area contributed by atoms with Crippen molar-refractivity contribution >= 4 is 17.5 Å². The highest BCUT2D eigenvalue weighted by Gasteiger charge is 2.41. The zero-order valence-corrected chi connectivity index (χ0v) is 22.0. The van der Waals surface area contributed by atoms with Crippen molar-refractivity contribution in [1.82, 2.24) is 5.32 Å². The van der Waals surface area contributed by atoms with Gasteiger partial charge in [-0.1, -0.05) is 24.3 Å². The quantitative estimate of drug-likeness (QED) is 0.414. The molecule has 4 rings (SSSR count). The van der Waals surface area contributed by atoms with Gasteiger partial charge in [-0.15, -0.1) is 0 Å². The van der Waals surface area contributed by atoms with Crippen molar-refractivity contribution in [3.63, 3.8) is 0 Å². The summed E-state index contributed by atoms with van der Waals surface area (Å²) in [5, 5.41) is 5.99. The van der Waals surface area contributed by atoms with Crippen LogP contribution in [0.25, 0.3) is 0 Å². The second-order valence-corrected chi connectivity index (χ2v) is 9.11. The van der Waals surface area contributed by atoms with Crippen LogP contribution in [0.15, 0.2) is 66.7 Å². The van der Waals surface area contributed by atoms with Crippen molar-refractivity contribution in [1.29, 1.82) is 0 Å². The van der Waals surface area contributed by atoms with E-state index in [1.54, 1.807) is 45.6 Å². The highest BCUT2D eigenvalue weighted by molar-refractivity contribution is 6.00. The first kappa shape index (κ1) is 27.0. The molecule has 8 heteroatoms. The molecule has 1 aliphatic rings. The summed E-state index contributed by atoms with van der Waals surface area (Å²) in [6, 6.07) is 20.2. The average Bonchev–Trinajstić information content (AvgIpc) is 2.97. The monoisotopic (exact) mass is 518 g/mol. The number of nitrogens with one attached hydrogen (secondary N) is 2. The Bertz CT molecular complexity index is 1230. The fourth-order valence-corrected chi connectivity index (χ4v) is 4.80. The van der Waals surface area contributed by atoms with Gasteiger partial charge in [0.25, 0.3) is 5.91 Å². The van der Waals surface area contributed by atoms with Crippen LogP contribution in [-0.2, 0) is 21.4 Å². The molecule has 2 amide bonds. The molecule has 38 heavy (non-hydrogen) atoms. The van der Waals surface area contributed by atoms with E-state index >= 15 is 0 Å². The van der Waals surface area contributed by atoms with Crippen molar-refractivity contribution in [2.24, 2.45) is 0 Å². The maximum atomic E-state index is 13.5. The lowest BCUT2D eigenvalue weighted by molar-refractivity contribution is -0.125. The number of para-hydroxylation sites is 1. The highest BCUT2D eigenvalue weighted by Crippen LogP contribution is 2.37. The van der Waals surface area contributed by atoms with E-state index in [0.717, 1.165) is 16.9 Å². The molecule has 0 bridgehead atoms. The molecular formula is C30H34N2O6. The van der Waals surface area contributed by atoms with Gasteiger partial charge in [-0.25, -0.2) is 0 Å². The number of amides is 2. The summed E-state index contributed by atoms with van der Waals surface area (Å²) in [5.41, 5.74) is 2.33. The Kier molecular flexibility index (Phi) is 8.86. The molecule has 1 fully saturated rings. The average molecular weight is 519 g/mol. The Morgan fingerprint density at radius 2 is 1.58 bits per heavy atom. The van der Waals surface area contributed by atoms with Gasteiger partial charge in [-0.05, 0) is 72.9 Å². The number of hydrogen-bond acceptors (Lipinski definition) is 6. The van der Waals surface area contributed by atoms with Gasteiger partial charge < -0.3 is 29.6 Å². The largest absolute Gasteiger partial charge is 0.497 e. The lowest BCUT2D eigenvalue weighted by Crippen LogP contribution is -2.44. The van der Waals surface area contributed by atoms with Crippen LogP contribution in [0, 0.1) is 0 Å². The van der Waals surface area contributed by atoms with Crippen LogP contribution in [0.1, 0.15) is 34.3 Å². The number of hydrogen-bond donors (Lipinski definition) is 2. The number of methoxy groups -OCH3 is 3. The molecule has 1 heterocycles. The van der Waals surface area contributed by atoms with Crippen molar-refractivity contribution < 1.29 is 28.5 Å². The first-order chi connectivity index (χ1) is 18.5. The van der Waals surface area contributed by atoms with Crippen molar-refractivity contribution in [2.45, 2.75) is 24.7 Å². The van der Waals surface area contributed by atoms with Crippen LogP contribution < -0.4 is 24.8 Å². The number of anilines is 1. The summed E-state index contributed by atoms with van der Waals surface area (Å²) in [6.07, 6.45) is 1.77. The summed E-state index contributed by atoms with van der Waals surface area (Å²) in [5.74, 6) is 1.79. The minimum absolute atomic E-state index is 0.0876. The number of carbonyl (C=O) groups is 2. The fraction of sp³-hybridized carbons (Fsp3) is 0.333. The van der Waals surface area contributed by atoms with Crippen LogP contribution in [-0.4, -0.2) is 52.9 Å². The molecule has 0 radical (unpaired) electrons. The topological polar surface area (TPSA) is 95.1 Å². The van der Waals surface area contributed by atoms with E-state index in [-0.39, 0.29) is 11.8 Å². The Morgan fingerprint density at radius 3 is 2.21 bits per heavy atom. The fourth-order valence-electron chi connectivity index (χ4n) is 4.80. The number of ether oxygens (including phenoxy) is 4. The Morgan fingerprint density at radius 1 is 0.868 bits per heavy atom. The Hall–Kier alpha value is -4.04. The van der Waals surface area contributed by atoms with E-state index in [2.05, 4.69) is 10.6 Å². The normalized spacial score (nSPS) is 14.3. The maximum Gasteiger partial charge on any atom is 0.251 e. The molecule has 0 spiro atoms. The molecule has 0 unspecified atom stereocenters. The zero-order valence-electron chi connectivity index (χ0n) is 22.0. The van der Waals surface area contributed by atoms with E-state index in [0.29, 0.717) is 61.8 Å². The number of carbonyl (C=O) groups excluding carboxylic acids is 2. The van der Waals surface area contributed by atoms with E-state index < -0.39 is 5.41 Å². The van der Waals surface area contributed by atoms with Crippen LogP contribution in [0.5, 0.6) is 17.2 Å². The van der Waals surface area contributed by atoms with Gasteiger partial charge in [-0.3, -0.25) is 9.59 Å². The zero-order chi connectivity index (χ0) is 27.0. The van der Waals surface area contributed by atoms with E-state index in [1.807, 2.05) is 42.5 Å². The molecule has 3 aromatic carbocycles. The first-order valence-electron chi connectivity index (χ1n) is 12.6. The molecule has 1 saturated heterocycles. The Labute approximate surface area is 223 Å². The molecule has 3 aromatic rings. The third-order valence-electron chi connectivity index (χ3n) is 6.99. The third-order valence-corrected chi connectivity index (χ3v) is 6.99. The van der Waals surface area contributed by atoms with E-state index in [9.17, 15) is 9.59 Å². The molecule has 0 aliphatic carbocycles. The second-order valence-electron chi connectivity index (χ2n) is 9.11. The van der Waals surface area contributed by atoms with E-state index in [4.69, 9.17) is 18.9 Å². The lowest BCUT2D eigenvalue weighted by Gasteiger charge is -2.36. The van der Waals surface area contributed by atoms with Gasteiger partial charge in [0.1, 0.15) is 5.75 Å².